The lowest BCUT2D eigenvalue weighted by atomic mass is 9.45. The minimum Gasteiger partial charge on any atom is -0.392 e. The summed E-state index contributed by atoms with van der Waals surface area (Å²) in [5.74, 6) is 5.45. The molecule has 0 amide bonds. The summed E-state index contributed by atoms with van der Waals surface area (Å²) >= 11 is 7.93. The van der Waals surface area contributed by atoms with Crippen LogP contribution in [0.5, 0.6) is 0 Å². The normalized spacial score (nSPS) is 75.0. The van der Waals surface area contributed by atoms with Crippen LogP contribution >= 0.6 is 31.9 Å². The second kappa shape index (κ2) is 3.68. The molecule has 25 heavy (non-hydrogen) atoms. The predicted octanol–water partition coefficient (Wildman–Crippen LogP) is 3.39. The fraction of sp³-hybridized carbons (Fsp3) is 0.900. The van der Waals surface area contributed by atoms with Crippen LogP contribution < -0.4 is 0 Å². The standard InChI is InChI=1S/C20H20Br2O3/c21-7-3-1-5-9(7)15-11-12-14-6-2-4-8(22)10(6)16(12)19(13(5)11)17(23)25-18(24)20(14,15)19/h5-16H,1-4H2/t5-,6-,7+,8+,9-,10-,11+,12+,13-,14+,15-,16+,19-,20-/m1/s1. The molecular weight excluding hydrogens is 448 g/mol. The van der Waals surface area contributed by atoms with Gasteiger partial charge in [0, 0.05) is 9.65 Å². The molecule has 0 radical (unpaired) electrons. The van der Waals surface area contributed by atoms with Gasteiger partial charge in [-0.15, -0.1) is 0 Å². The number of hydrogen-bond donors (Lipinski definition) is 0. The summed E-state index contributed by atoms with van der Waals surface area (Å²) in [6.07, 6.45) is 4.93. The first-order valence-electron chi connectivity index (χ1n) is 10.1. The molecule has 0 N–H and O–H groups in total. The summed E-state index contributed by atoms with van der Waals surface area (Å²) < 4.78 is 5.54. The van der Waals surface area contributed by atoms with E-state index in [2.05, 4.69) is 31.9 Å². The van der Waals surface area contributed by atoms with Gasteiger partial charge < -0.3 is 4.74 Å². The fourth-order valence-electron chi connectivity index (χ4n) is 11.5. The van der Waals surface area contributed by atoms with Crippen LogP contribution in [0.15, 0.2) is 0 Å². The highest BCUT2D eigenvalue weighted by atomic mass is 79.9. The Kier molecular flexibility index (Phi) is 2.08. The van der Waals surface area contributed by atoms with Crippen LogP contribution in [0, 0.1) is 70.0 Å². The number of alkyl halides is 2. The molecular formula is C20H20Br2O3. The van der Waals surface area contributed by atoms with Crippen LogP contribution in [0.3, 0.4) is 0 Å². The van der Waals surface area contributed by atoms with Crippen molar-refractivity contribution in [2.75, 3.05) is 0 Å². The Bertz CT molecular complexity index is 734. The average Bonchev–Trinajstić information content (AvgIpc) is 3.35. The molecule has 1 aliphatic heterocycles. The third kappa shape index (κ3) is 0.954. The van der Waals surface area contributed by atoms with Crippen molar-refractivity contribution in [1.29, 1.82) is 0 Å². The largest absolute Gasteiger partial charge is 0.392 e. The Morgan fingerprint density at radius 2 is 1.12 bits per heavy atom. The van der Waals surface area contributed by atoms with Crippen LogP contribution in [-0.4, -0.2) is 21.6 Å². The SMILES string of the molecule is O=C1OC(=O)[C@]23[C@H]4[C@H]5[C@@H]6[C@H]([C@@H]7[C@@H](CC[C@@H]7Br)[C@@H]62)[C@]13[C@@H]5[C@@H]1CC[C@H](Br)[C@@H]14. The van der Waals surface area contributed by atoms with Gasteiger partial charge in [0.15, 0.2) is 0 Å². The third-order valence-electron chi connectivity index (χ3n) is 10.9. The Hall–Kier alpha value is 0.1000. The van der Waals surface area contributed by atoms with Crippen molar-refractivity contribution in [2.45, 2.75) is 35.3 Å². The molecule has 0 aromatic carbocycles. The lowest BCUT2D eigenvalue weighted by Gasteiger charge is -2.54. The van der Waals surface area contributed by atoms with Crippen molar-refractivity contribution >= 4 is 43.8 Å². The molecule has 0 unspecified atom stereocenters. The van der Waals surface area contributed by atoms with Crippen molar-refractivity contribution in [2.24, 2.45) is 70.0 Å². The molecule has 0 aromatic heterocycles. The smallest absolute Gasteiger partial charge is 0.321 e. The third-order valence-corrected chi connectivity index (χ3v) is 13.0. The van der Waals surface area contributed by atoms with Gasteiger partial charge in [0.05, 0.1) is 10.8 Å². The second-order valence-electron chi connectivity index (χ2n) is 10.3. The Morgan fingerprint density at radius 1 is 0.680 bits per heavy atom. The summed E-state index contributed by atoms with van der Waals surface area (Å²) in [6, 6.07) is 0. The maximum absolute atomic E-state index is 13.4. The van der Waals surface area contributed by atoms with E-state index < -0.39 is 10.8 Å². The topological polar surface area (TPSA) is 43.4 Å². The Labute approximate surface area is 163 Å². The van der Waals surface area contributed by atoms with E-state index in [1.807, 2.05) is 0 Å². The van der Waals surface area contributed by atoms with Crippen molar-refractivity contribution < 1.29 is 14.3 Å². The van der Waals surface area contributed by atoms with Gasteiger partial charge >= 0.3 is 11.9 Å². The van der Waals surface area contributed by atoms with E-state index in [1.165, 1.54) is 25.7 Å². The molecule has 1 heterocycles. The quantitative estimate of drug-likeness (QED) is 0.311. The summed E-state index contributed by atoms with van der Waals surface area (Å²) in [7, 11) is 0. The van der Waals surface area contributed by atoms with Gasteiger partial charge in [-0.2, -0.15) is 0 Å². The highest BCUT2D eigenvalue weighted by Crippen LogP contribution is 2.99. The molecule has 5 heteroatoms. The number of rotatable bonds is 0. The lowest BCUT2D eigenvalue weighted by Crippen LogP contribution is -2.61. The van der Waals surface area contributed by atoms with E-state index in [0.717, 1.165) is 0 Å². The van der Waals surface area contributed by atoms with Crippen LogP contribution in [0.25, 0.3) is 0 Å². The first-order valence-corrected chi connectivity index (χ1v) is 12.0. The van der Waals surface area contributed by atoms with Gasteiger partial charge in [0.2, 0.25) is 0 Å². The van der Waals surface area contributed by atoms with Crippen molar-refractivity contribution in [1.82, 2.24) is 0 Å². The minimum absolute atomic E-state index is 0.0912. The molecule has 3 nitrogen and oxygen atoms in total. The maximum Gasteiger partial charge on any atom is 0.321 e. The maximum atomic E-state index is 13.4. The number of cyclic esters (lactones) is 2. The van der Waals surface area contributed by atoms with Crippen molar-refractivity contribution in [3.63, 3.8) is 0 Å². The van der Waals surface area contributed by atoms with Gasteiger partial charge in [0.1, 0.15) is 0 Å². The van der Waals surface area contributed by atoms with E-state index in [1.54, 1.807) is 0 Å². The van der Waals surface area contributed by atoms with E-state index >= 15 is 0 Å². The summed E-state index contributed by atoms with van der Waals surface area (Å²) in [6.45, 7) is 0. The molecule has 14 atom stereocenters. The van der Waals surface area contributed by atoms with Crippen LogP contribution in [-0.2, 0) is 14.3 Å². The Balaban J connectivity index is 1.45. The van der Waals surface area contributed by atoms with Gasteiger partial charge in [-0.05, 0) is 84.9 Å². The van der Waals surface area contributed by atoms with Crippen molar-refractivity contribution in [3.8, 4) is 0 Å². The molecule has 0 aromatic rings. The molecule has 1 saturated heterocycles. The average molecular weight is 468 g/mol. The molecule has 9 rings (SSSR count). The van der Waals surface area contributed by atoms with Crippen LogP contribution in [0.2, 0.25) is 0 Å². The van der Waals surface area contributed by atoms with Gasteiger partial charge in [-0.25, -0.2) is 0 Å². The molecule has 8 aliphatic carbocycles. The van der Waals surface area contributed by atoms with Gasteiger partial charge in [-0.3, -0.25) is 9.59 Å². The Morgan fingerprint density at radius 3 is 1.56 bits per heavy atom. The predicted molar refractivity (Wildman–Crippen MR) is 94.8 cm³/mol. The highest BCUT2D eigenvalue weighted by molar-refractivity contribution is 9.09. The van der Waals surface area contributed by atoms with Gasteiger partial charge in [-0.1, -0.05) is 31.9 Å². The molecule has 8 saturated carbocycles. The number of hydrogen-bond acceptors (Lipinski definition) is 3. The zero-order valence-corrected chi connectivity index (χ0v) is 16.9. The zero-order valence-electron chi connectivity index (χ0n) is 13.7. The molecule has 2 spiro atoms. The van der Waals surface area contributed by atoms with E-state index in [4.69, 9.17) is 4.74 Å². The second-order valence-corrected chi connectivity index (χ2v) is 12.7. The molecule has 8 bridgehead atoms. The molecule has 9 fully saturated rings. The fourth-order valence-corrected chi connectivity index (χ4v) is 13.5. The number of fused-ring (bicyclic) bond motifs is 2. The summed E-state index contributed by atoms with van der Waals surface area (Å²) in [5, 5.41) is 0. The minimum atomic E-state index is -0.412. The highest BCUT2D eigenvalue weighted by Gasteiger charge is 3.03. The van der Waals surface area contributed by atoms with Crippen LogP contribution in [0.1, 0.15) is 25.7 Å². The first kappa shape index (κ1) is 14.1. The van der Waals surface area contributed by atoms with Gasteiger partial charge in [0.25, 0.3) is 0 Å². The number of halogens is 2. The monoisotopic (exact) mass is 466 g/mol. The molecule has 132 valence electrons. The number of ether oxygens (including phenoxy) is 1. The van der Waals surface area contributed by atoms with E-state index in [9.17, 15) is 9.59 Å². The van der Waals surface area contributed by atoms with E-state index in [0.29, 0.717) is 68.8 Å². The summed E-state index contributed by atoms with van der Waals surface area (Å²) in [5.41, 5.74) is -0.824. The van der Waals surface area contributed by atoms with Crippen molar-refractivity contribution in [3.05, 3.63) is 0 Å². The molecule has 9 aliphatic rings. The first-order chi connectivity index (χ1) is 12.1. The summed E-state index contributed by atoms with van der Waals surface area (Å²) in [4.78, 5) is 27.8. The number of carbonyl (C=O) groups excluding carboxylic acids is 2. The number of carbonyl (C=O) groups is 2. The number of esters is 2. The lowest BCUT2D eigenvalue weighted by molar-refractivity contribution is -0.163. The van der Waals surface area contributed by atoms with Crippen LogP contribution in [0.4, 0.5) is 0 Å². The zero-order chi connectivity index (χ0) is 16.6. The van der Waals surface area contributed by atoms with E-state index in [-0.39, 0.29) is 11.9 Å².